The molecule has 1 aliphatic carbocycles. The third-order valence-electron chi connectivity index (χ3n) is 7.39. The fourth-order valence-electron chi connectivity index (χ4n) is 5.42. The molecule has 1 aromatic heterocycles. The number of hydrogen-bond donors (Lipinski definition) is 0. The maximum absolute atomic E-state index is 13.2. The van der Waals surface area contributed by atoms with Gasteiger partial charge in [0.25, 0.3) is 0 Å². The monoisotopic (exact) mass is 483 g/mol. The van der Waals surface area contributed by atoms with Crippen LogP contribution in [-0.2, 0) is 9.59 Å². The lowest BCUT2D eigenvalue weighted by molar-refractivity contribution is -0.136. The highest BCUT2D eigenvalue weighted by Gasteiger charge is 2.38. The van der Waals surface area contributed by atoms with E-state index in [1.807, 2.05) is 23.1 Å². The zero-order valence-corrected chi connectivity index (χ0v) is 20.0. The SMILES string of the molecule is O=C(C1CC(=O)N(c2ccc3c(c2)OCO3)C1)N1CCN(c2nnc(C3CCCCC3)s2)CC1. The summed E-state index contributed by atoms with van der Waals surface area (Å²) < 4.78 is 10.8. The van der Waals surface area contributed by atoms with Gasteiger partial charge in [-0.1, -0.05) is 30.6 Å². The van der Waals surface area contributed by atoms with E-state index < -0.39 is 0 Å². The second-order valence-electron chi connectivity index (χ2n) is 9.51. The molecule has 34 heavy (non-hydrogen) atoms. The Hall–Kier alpha value is -2.88. The molecule has 3 aliphatic heterocycles. The summed E-state index contributed by atoms with van der Waals surface area (Å²) in [5.41, 5.74) is 0.749. The van der Waals surface area contributed by atoms with Gasteiger partial charge in [0, 0.05) is 56.8 Å². The summed E-state index contributed by atoms with van der Waals surface area (Å²) in [6.45, 7) is 3.38. The first kappa shape index (κ1) is 21.6. The van der Waals surface area contributed by atoms with Crippen LogP contribution in [0.4, 0.5) is 10.8 Å². The Balaban J connectivity index is 1.05. The van der Waals surface area contributed by atoms with E-state index in [0.717, 1.165) is 23.9 Å². The van der Waals surface area contributed by atoms with Gasteiger partial charge in [0.2, 0.25) is 23.7 Å². The number of ether oxygens (including phenoxy) is 2. The topological polar surface area (TPSA) is 88.1 Å². The lowest BCUT2D eigenvalue weighted by Crippen LogP contribution is -2.50. The lowest BCUT2D eigenvalue weighted by atomic mass is 9.90. The molecule has 3 fully saturated rings. The van der Waals surface area contributed by atoms with E-state index >= 15 is 0 Å². The Kier molecular flexibility index (Phi) is 5.76. The molecule has 10 heteroatoms. The number of amides is 2. The van der Waals surface area contributed by atoms with E-state index in [0.29, 0.717) is 37.1 Å². The molecule has 0 spiro atoms. The summed E-state index contributed by atoms with van der Waals surface area (Å²) in [6.07, 6.45) is 6.60. The van der Waals surface area contributed by atoms with Gasteiger partial charge in [0.05, 0.1) is 5.92 Å². The van der Waals surface area contributed by atoms with Crippen LogP contribution in [0.3, 0.4) is 0 Å². The fraction of sp³-hybridized carbons (Fsp3) is 0.583. The number of anilines is 2. The summed E-state index contributed by atoms with van der Waals surface area (Å²) in [5, 5.41) is 11.1. The molecule has 0 bridgehead atoms. The third kappa shape index (κ3) is 4.08. The van der Waals surface area contributed by atoms with Gasteiger partial charge in [-0.3, -0.25) is 9.59 Å². The maximum Gasteiger partial charge on any atom is 0.231 e. The van der Waals surface area contributed by atoms with Gasteiger partial charge in [0.15, 0.2) is 11.5 Å². The predicted molar refractivity (Wildman–Crippen MR) is 128 cm³/mol. The summed E-state index contributed by atoms with van der Waals surface area (Å²) in [5.74, 6) is 1.61. The Morgan fingerprint density at radius 1 is 1.00 bits per heavy atom. The molecule has 4 aliphatic rings. The molecule has 9 nitrogen and oxygen atoms in total. The molecule has 180 valence electrons. The van der Waals surface area contributed by atoms with Gasteiger partial charge < -0.3 is 24.2 Å². The molecule has 0 N–H and O–H groups in total. The molecular formula is C24H29N5O4S. The van der Waals surface area contributed by atoms with Crippen molar-refractivity contribution in [1.29, 1.82) is 0 Å². The molecule has 1 atom stereocenters. The number of carbonyl (C=O) groups is 2. The second kappa shape index (κ2) is 9.05. The van der Waals surface area contributed by atoms with Crippen LogP contribution in [-0.4, -0.2) is 66.4 Å². The van der Waals surface area contributed by atoms with Crippen molar-refractivity contribution in [2.24, 2.45) is 5.92 Å². The van der Waals surface area contributed by atoms with Gasteiger partial charge in [-0.15, -0.1) is 10.2 Å². The number of piperazine rings is 1. The summed E-state index contributed by atoms with van der Waals surface area (Å²) in [6, 6.07) is 5.47. The minimum Gasteiger partial charge on any atom is -0.454 e. The Morgan fingerprint density at radius 3 is 2.62 bits per heavy atom. The smallest absolute Gasteiger partial charge is 0.231 e. The van der Waals surface area contributed by atoms with Crippen molar-refractivity contribution in [3.63, 3.8) is 0 Å². The molecule has 0 radical (unpaired) electrons. The molecule has 1 aromatic carbocycles. The van der Waals surface area contributed by atoms with E-state index in [4.69, 9.17) is 9.47 Å². The van der Waals surface area contributed by atoms with Crippen LogP contribution in [0.2, 0.25) is 0 Å². The predicted octanol–water partition coefficient (Wildman–Crippen LogP) is 3.02. The molecule has 2 amide bonds. The van der Waals surface area contributed by atoms with Crippen molar-refractivity contribution in [2.45, 2.75) is 44.4 Å². The Morgan fingerprint density at radius 2 is 1.79 bits per heavy atom. The number of rotatable bonds is 4. The molecule has 2 saturated heterocycles. The quantitative estimate of drug-likeness (QED) is 0.661. The number of carbonyl (C=O) groups excluding carboxylic acids is 2. The highest BCUT2D eigenvalue weighted by Crippen LogP contribution is 2.38. The van der Waals surface area contributed by atoms with E-state index in [2.05, 4.69) is 15.1 Å². The summed E-state index contributed by atoms with van der Waals surface area (Å²) in [7, 11) is 0. The number of aromatic nitrogens is 2. The van der Waals surface area contributed by atoms with Crippen LogP contribution >= 0.6 is 11.3 Å². The molecular weight excluding hydrogens is 454 g/mol. The van der Waals surface area contributed by atoms with Crippen LogP contribution in [0.15, 0.2) is 18.2 Å². The molecule has 4 heterocycles. The number of hydrogen-bond acceptors (Lipinski definition) is 8. The van der Waals surface area contributed by atoms with Gasteiger partial charge in [-0.05, 0) is 25.0 Å². The van der Waals surface area contributed by atoms with Gasteiger partial charge in [0.1, 0.15) is 5.01 Å². The fourth-order valence-corrected chi connectivity index (χ4v) is 6.49. The molecule has 6 rings (SSSR count). The number of benzene rings is 1. The minimum absolute atomic E-state index is 0.0278. The zero-order valence-electron chi connectivity index (χ0n) is 19.1. The average molecular weight is 484 g/mol. The summed E-state index contributed by atoms with van der Waals surface area (Å²) >= 11 is 1.72. The first-order valence-corrected chi connectivity index (χ1v) is 13.0. The van der Waals surface area contributed by atoms with Crippen LogP contribution in [0.1, 0.15) is 49.5 Å². The van der Waals surface area contributed by atoms with E-state index in [1.54, 1.807) is 16.2 Å². The van der Waals surface area contributed by atoms with Crippen molar-refractivity contribution in [3.05, 3.63) is 23.2 Å². The maximum atomic E-state index is 13.2. The van der Waals surface area contributed by atoms with Crippen molar-refractivity contribution in [1.82, 2.24) is 15.1 Å². The summed E-state index contributed by atoms with van der Waals surface area (Å²) in [4.78, 5) is 31.8. The Bertz CT molecular complexity index is 1080. The van der Waals surface area contributed by atoms with Crippen LogP contribution in [0.25, 0.3) is 0 Å². The van der Waals surface area contributed by atoms with Crippen LogP contribution in [0.5, 0.6) is 11.5 Å². The second-order valence-corrected chi connectivity index (χ2v) is 10.5. The molecule has 1 unspecified atom stereocenters. The van der Waals surface area contributed by atoms with E-state index in [9.17, 15) is 9.59 Å². The zero-order chi connectivity index (χ0) is 23.1. The third-order valence-corrected chi connectivity index (χ3v) is 8.53. The largest absolute Gasteiger partial charge is 0.454 e. The Labute approximate surface area is 202 Å². The van der Waals surface area contributed by atoms with E-state index in [-0.39, 0.29) is 30.9 Å². The van der Waals surface area contributed by atoms with Gasteiger partial charge in [-0.2, -0.15) is 0 Å². The van der Waals surface area contributed by atoms with Gasteiger partial charge in [-0.25, -0.2) is 0 Å². The average Bonchev–Trinajstić information content (AvgIpc) is 3.63. The van der Waals surface area contributed by atoms with Gasteiger partial charge >= 0.3 is 0 Å². The number of nitrogens with zero attached hydrogens (tertiary/aromatic N) is 5. The van der Waals surface area contributed by atoms with Crippen molar-refractivity contribution in [2.75, 3.05) is 49.3 Å². The van der Waals surface area contributed by atoms with Crippen LogP contribution in [0, 0.1) is 5.92 Å². The highest BCUT2D eigenvalue weighted by molar-refractivity contribution is 7.15. The molecule has 2 aromatic rings. The first-order valence-electron chi connectivity index (χ1n) is 12.2. The minimum atomic E-state index is -0.316. The van der Waals surface area contributed by atoms with Crippen LogP contribution < -0.4 is 19.3 Å². The first-order chi connectivity index (χ1) is 16.7. The lowest BCUT2D eigenvalue weighted by Gasteiger charge is -2.35. The van der Waals surface area contributed by atoms with E-state index in [1.165, 1.54) is 37.1 Å². The molecule has 1 saturated carbocycles. The standard InChI is InChI=1S/C24H29N5O4S/c30-21-12-17(14-29(21)18-6-7-19-20(13-18)33-15-32-19)23(31)27-8-10-28(11-9-27)24-26-25-22(34-24)16-4-2-1-3-5-16/h6-7,13,16-17H,1-5,8-12,14-15H2. The normalized spacial score (nSPS) is 23.1. The van der Waals surface area contributed by atoms with Crippen molar-refractivity contribution >= 4 is 34.0 Å². The van der Waals surface area contributed by atoms with Crippen molar-refractivity contribution in [3.8, 4) is 11.5 Å². The number of fused-ring (bicyclic) bond motifs is 1. The van der Waals surface area contributed by atoms with Crippen molar-refractivity contribution < 1.29 is 19.1 Å². The highest BCUT2D eigenvalue weighted by atomic mass is 32.1.